The number of ether oxygens (including phenoxy) is 1. The average molecular weight is 215 g/mol. The van der Waals surface area contributed by atoms with Gasteiger partial charge in [0.15, 0.2) is 0 Å². The van der Waals surface area contributed by atoms with Crippen LogP contribution in [-0.2, 0) is 4.74 Å². The maximum atomic E-state index is 5.34. The number of morpholine rings is 1. The Bertz CT molecular complexity index is 494. The molecule has 1 saturated heterocycles. The Kier molecular flexibility index (Phi) is 2.42. The first-order valence-electron chi connectivity index (χ1n) is 5.46. The van der Waals surface area contributed by atoms with Crippen LogP contribution in [0.15, 0.2) is 30.7 Å². The Labute approximate surface area is 93.9 Å². The second-order valence-electron chi connectivity index (χ2n) is 3.87. The van der Waals surface area contributed by atoms with Crippen LogP contribution in [0.3, 0.4) is 0 Å². The van der Waals surface area contributed by atoms with Gasteiger partial charge in [-0.2, -0.15) is 0 Å². The highest BCUT2D eigenvalue weighted by Crippen LogP contribution is 2.20. The van der Waals surface area contributed by atoms with Crippen LogP contribution >= 0.6 is 0 Å². The number of hydrogen-bond donors (Lipinski definition) is 0. The molecule has 1 fully saturated rings. The topological polar surface area (TPSA) is 38.2 Å². The summed E-state index contributed by atoms with van der Waals surface area (Å²) in [5.41, 5.74) is 2.22. The molecule has 1 aromatic carbocycles. The van der Waals surface area contributed by atoms with Crippen molar-refractivity contribution >= 4 is 16.6 Å². The van der Waals surface area contributed by atoms with Gasteiger partial charge in [0.25, 0.3) is 0 Å². The molecule has 0 N–H and O–H groups in total. The number of fused-ring (bicyclic) bond motifs is 1. The van der Waals surface area contributed by atoms with Gasteiger partial charge in [0.1, 0.15) is 6.33 Å². The lowest BCUT2D eigenvalue weighted by atomic mass is 10.2. The third kappa shape index (κ3) is 1.72. The second-order valence-corrected chi connectivity index (χ2v) is 3.87. The molecule has 0 spiro atoms. The minimum absolute atomic E-state index is 0.809. The van der Waals surface area contributed by atoms with Crippen LogP contribution in [0.25, 0.3) is 10.9 Å². The Morgan fingerprint density at radius 1 is 1.19 bits per heavy atom. The summed E-state index contributed by atoms with van der Waals surface area (Å²) in [4.78, 5) is 10.6. The van der Waals surface area contributed by atoms with E-state index in [4.69, 9.17) is 4.74 Å². The van der Waals surface area contributed by atoms with Crippen molar-refractivity contribution in [3.8, 4) is 0 Å². The molecule has 0 bridgehead atoms. The first-order valence-corrected chi connectivity index (χ1v) is 5.46. The Morgan fingerprint density at radius 3 is 2.94 bits per heavy atom. The van der Waals surface area contributed by atoms with Crippen molar-refractivity contribution in [3.63, 3.8) is 0 Å². The monoisotopic (exact) mass is 215 g/mol. The van der Waals surface area contributed by atoms with Crippen molar-refractivity contribution in [2.75, 3.05) is 31.2 Å². The summed E-state index contributed by atoms with van der Waals surface area (Å²) in [5.74, 6) is 0. The normalized spacial score (nSPS) is 16.6. The molecular weight excluding hydrogens is 202 g/mol. The Morgan fingerprint density at radius 2 is 2.06 bits per heavy atom. The fourth-order valence-corrected chi connectivity index (χ4v) is 1.99. The molecule has 0 saturated carbocycles. The van der Waals surface area contributed by atoms with Gasteiger partial charge in [-0.3, -0.25) is 0 Å². The lowest BCUT2D eigenvalue weighted by Gasteiger charge is -2.28. The van der Waals surface area contributed by atoms with Crippen LogP contribution in [0.5, 0.6) is 0 Å². The van der Waals surface area contributed by atoms with Crippen molar-refractivity contribution in [3.05, 3.63) is 30.7 Å². The smallest absolute Gasteiger partial charge is 0.116 e. The zero-order chi connectivity index (χ0) is 10.8. The molecule has 0 amide bonds. The predicted octanol–water partition coefficient (Wildman–Crippen LogP) is 1.47. The van der Waals surface area contributed by atoms with Gasteiger partial charge < -0.3 is 9.64 Å². The van der Waals surface area contributed by atoms with E-state index in [1.54, 1.807) is 6.33 Å². The van der Waals surface area contributed by atoms with E-state index < -0.39 is 0 Å². The quantitative estimate of drug-likeness (QED) is 0.722. The third-order valence-corrected chi connectivity index (χ3v) is 2.86. The molecule has 0 radical (unpaired) electrons. The molecule has 16 heavy (non-hydrogen) atoms. The van der Waals surface area contributed by atoms with Crippen LogP contribution in [0.2, 0.25) is 0 Å². The van der Waals surface area contributed by atoms with Gasteiger partial charge in [0.2, 0.25) is 0 Å². The fourth-order valence-electron chi connectivity index (χ4n) is 1.99. The molecule has 2 heterocycles. The van der Waals surface area contributed by atoms with Gasteiger partial charge in [0, 0.05) is 30.4 Å². The number of benzene rings is 1. The molecule has 1 aliphatic heterocycles. The van der Waals surface area contributed by atoms with Gasteiger partial charge >= 0.3 is 0 Å². The van der Waals surface area contributed by atoms with E-state index >= 15 is 0 Å². The Balaban J connectivity index is 1.97. The minimum atomic E-state index is 0.809. The molecule has 2 aromatic rings. The van der Waals surface area contributed by atoms with Crippen LogP contribution in [0.4, 0.5) is 5.69 Å². The summed E-state index contributed by atoms with van der Waals surface area (Å²) in [7, 11) is 0. The molecule has 4 heteroatoms. The number of nitrogens with zero attached hydrogens (tertiary/aromatic N) is 3. The van der Waals surface area contributed by atoms with Crippen molar-refractivity contribution in [1.82, 2.24) is 9.97 Å². The largest absolute Gasteiger partial charge is 0.378 e. The Hall–Kier alpha value is -1.68. The van der Waals surface area contributed by atoms with E-state index in [1.165, 1.54) is 5.69 Å². The van der Waals surface area contributed by atoms with Crippen molar-refractivity contribution in [2.45, 2.75) is 0 Å². The molecule has 4 nitrogen and oxygen atoms in total. The molecule has 0 aliphatic carbocycles. The first-order chi connectivity index (χ1) is 7.93. The molecule has 82 valence electrons. The lowest BCUT2D eigenvalue weighted by Crippen LogP contribution is -2.36. The van der Waals surface area contributed by atoms with E-state index in [0.29, 0.717) is 0 Å². The van der Waals surface area contributed by atoms with Gasteiger partial charge in [-0.25, -0.2) is 9.97 Å². The second kappa shape index (κ2) is 4.06. The number of aromatic nitrogens is 2. The summed E-state index contributed by atoms with van der Waals surface area (Å²) >= 11 is 0. The third-order valence-electron chi connectivity index (χ3n) is 2.86. The molecule has 1 aromatic heterocycles. The van der Waals surface area contributed by atoms with E-state index in [1.807, 2.05) is 12.3 Å². The fraction of sp³-hybridized carbons (Fsp3) is 0.333. The van der Waals surface area contributed by atoms with E-state index in [0.717, 1.165) is 37.2 Å². The number of rotatable bonds is 1. The van der Waals surface area contributed by atoms with E-state index in [9.17, 15) is 0 Å². The van der Waals surface area contributed by atoms with Gasteiger partial charge in [0.05, 0.1) is 18.7 Å². The first kappa shape index (κ1) is 9.54. The van der Waals surface area contributed by atoms with E-state index in [2.05, 4.69) is 27.0 Å². The molecule has 1 aliphatic rings. The maximum absolute atomic E-state index is 5.34. The highest BCUT2D eigenvalue weighted by Gasteiger charge is 2.11. The van der Waals surface area contributed by atoms with Crippen LogP contribution in [0.1, 0.15) is 0 Å². The number of anilines is 1. The predicted molar refractivity (Wildman–Crippen MR) is 62.6 cm³/mol. The van der Waals surface area contributed by atoms with Crippen molar-refractivity contribution in [2.24, 2.45) is 0 Å². The van der Waals surface area contributed by atoms with Crippen LogP contribution < -0.4 is 4.90 Å². The van der Waals surface area contributed by atoms with Crippen LogP contribution in [-0.4, -0.2) is 36.3 Å². The SMILES string of the molecule is c1ncc2cc(N3CCOCC3)ccc2n1. The molecule has 0 atom stereocenters. The molecule has 0 unspecified atom stereocenters. The summed E-state index contributed by atoms with van der Waals surface area (Å²) in [6.45, 7) is 3.53. The minimum Gasteiger partial charge on any atom is -0.378 e. The van der Waals surface area contributed by atoms with Crippen molar-refractivity contribution < 1.29 is 4.74 Å². The van der Waals surface area contributed by atoms with Gasteiger partial charge in [-0.15, -0.1) is 0 Å². The zero-order valence-corrected chi connectivity index (χ0v) is 8.97. The molecular formula is C12H13N3O. The van der Waals surface area contributed by atoms with E-state index in [-0.39, 0.29) is 0 Å². The zero-order valence-electron chi connectivity index (χ0n) is 8.97. The maximum Gasteiger partial charge on any atom is 0.116 e. The highest BCUT2D eigenvalue weighted by atomic mass is 16.5. The summed E-state index contributed by atoms with van der Waals surface area (Å²) in [5, 5.41) is 1.09. The van der Waals surface area contributed by atoms with Gasteiger partial charge in [-0.05, 0) is 18.2 Å². The van der Waals surface area contributed by atoms with Crippen LogP contribution in [0, 0.1) is 0 Å². The average Bonchev–Trinajstić information content (AvgIpc) is 2.39. The highest BCUT2D eigenvalue weighted by molar-refractivity contribution is 5.81. The van der Waals surface area contributed by atoms with Gasteiger partial charge in [-0.1, -0.05) is 0 Å². The van der Waals surface area contributed by atoms with Crippen molar-refractivity contribution in [1.29, 1.82) is 0 Å². The lowest BCUT2D eigenvalue weighted by molar-refractivity contribution is 0.122. The number of hydrogen-bond acceptors (Lipinski definition) is 4. The standard InChI is InChI=1S/C12H13N3O/c1-2-12-10(8-13-9-14-12)7-11(1)15-3-5-16-6-4-15/h1-2,7-9H,3-6H2. The summed E-state index contributed by atoms with van der Waals surface area (Å²) in [6, 6.07) is 6.29. The summed E-state index contributed by atoms with van der Waals surface area (Å²) < 4.78 is 5.34. The molecule has 3 rings (SSSR count). The summed E-state index contributed by atoms with van der Waals surface area (Å²) in [6.07, 6.45) is 3.43.